The lowest BCUT2D eigenvalue weighted by Gasteiger charge is -2.24. The van der Waals surface area contributed by atoms with E-state index in [1.165, 1.54) is 0 Å². The predicted octanol–water partition coefficient (Wildman–Crippen LogP) is 3.50. The zero-order valence-corrected chi connectivity index (χ0v) is 10.6. The Bertz CT molecular complexity index is 200. The fourth-order valence-corrected chi connectivity index (χ4v) is 3.02. The van der Waals surface area contributed by atoms with Crippen LogP contribution in [0.15, 0.2) is 12.2 Å². The SMILES string of the molecule is CCOCCC1(C)C=CC(C(C)C)S1. The molecule has 0 aromatic heterocycles. The van der Waals surface area contributed by atoms with E-state index in [1.54, 1.807) is 0 Å². The molecule has 0 aromatic rings. The van der Waals surface area contributed by atoms with Crippen LogP contribution < -0.4 is 0 Å². The van der Waals surface area contributed by atoms with Gasteiger partial charge in [-0.15, -0.1) is 11.8 Å². The molecule has 1 aliphatic heterocycles. The van der Waals surface area contributed by atoms with Gasteiger partial charge in [-0.1, -0.05) is 26.0 Å². The van der Waals surface area contributed by atoms with Gasteiger partial charge in [0.15, 0.2) is 0 Å². The largest absolute Gasteiger partial charge is 0.382 e. The standard InChI is InChI=1S/C12H22OS/c1-5-13-9-8-12(4)7-6-11(14-12)10(2)3/h6-7,10-11H,5,8-9H2,1-4H3. The molecule has 1 heterocycles. The molecule has 2 unspecified atom stereocenters. The highest BCUT2D eigenvalue weighted by Gasteiger charge is 2.31. The highest BCUT2D eigenvalue weighted by molar-refractivity contribution is 8.01. The topological polar surface area (TPSA) is 9.23 Å². The zero-order valence-electron chi connectivity index (χ0n) is 9.75. The quantitative estimate of drug-likeness (QED) is 0.512. The molecule has 0 bridgehead atoms. The fourth-order valence-electron chi connectivity index (χ4n) is 1.61. The van der Waals surface area contributed by atoms with Gasteiger partial charge in [0.25, 0.3) is 0 Å². The van der Waals surface area contributed by atoms with E-state index in [9.17, 15) is 0 Å². The minimum Gasteiger partial charge on any atom is -0.382 e. The Labute approximate surface area is 92.3 Å². The van der Waals surface area contributed by atoms with Gasteiger partial charge in [-0.25, -0.2) is 0 Å². The van der Waals surface area contributed by atoms with Gasteiger partial charge in [0.1, 0.15) is 0 Å². The molecule has 0 saturated heterocycles. The summed E-state index contributed by atoms with van der Waals surface area (Å²) in [6.45, 7) is 10.7. The summed E-state index contributed by atoms with van der Waals surface area (Å²) in [6, 6.07) is 0. The summed E-state index contributed by atoms with van der Waals surface area (Å²) in [7, 11) is 0. The Kier molecular flexibility index (Phi) is 4.52. The van der Waals surface area contributed by atoms with E-state index in [2.05, 4.69) is 51.6 Å². The number of rotatable bonds is 5. The maximum Gasteiger partial charge on any atom is 0.0482 e. The van der Waals surface area contributed by atoms with E-state index >= 15 is 0 Å². The van der Waals surface area contributed by atoms with Crippen molar-refractivity contribution in [3.8, 4) is 0 Å². The lowest BCUT2D eigenvalue weighted by molar-refractivity contribution is 0.141. The van der Waals surface area contributed by atoms with Gasteiger partial charge >= 0.3 is 0 Å². The second-order valence-electron chi connectivity index (χ2n) is 4.45. The average molecular weight is 214 g/mol. The predicted molar refractivity (Wildman–Crippen MR) is 64.9 cm³/mol. The molecule has 1 rings (SSSR count). The first-order chi connectivity index (χ1) is 6.57. The summed E-state index contributed by atoms with van der Waals surface area (Å²) >= 11 is 2.08. The Morgan fingerprint density at radius 1 is 1.50 bits per heavy atom. The van der Waals surface area contributed by atoms with Crippen LogP contribution in [0, 0.1) is 5.92 Å². The monoisotopic (exact) mass is 214 g/mol. The van der Waals surface area contributed by atoms with E-state index in [4.69, 9.17) is 4.74 Å². The maximum atomic E-state index is 5.41. The van der Waals surface area contributed by atoms with Crippen LogP contribution in [-0.2, 0) is 4.74 Å². The molecule has 0 radical (unpaired) electrons. The molecule has 1 aliphatic rings. The molecule has 0 aromatic carbocycles. The molecule has 14 heavy (non-hydrogen) atoms. The number of hydrogen-bond acceptors (Lipinski definition) is 2. The van der Waals surface area contributed by atoms with Crippen LogP contribution in [0.2, 0.25) is 0 Å². The molecule has 2 heteroatoms. The van der Waals surface area contributed by atoms with Crippen molar-refractivity contribution in [2.24, 2.45) is 5.92 Å². The average Bonchev–Trinajstić information content (AvgIpc) is 2.49. The third-order valence-electron chi connectivity index (χ3n) is 2.65. The van der Waals surface area contributed by atoms with E-state index in [1.807, 2.05) is 0 Å². The van der Waals surface area contributed by atoms with Crippen molar-refractivity contribution in [1.29, 1.82) is 0 Å². The molecule has 0 saturated carbocycles. The van der Waals surface area contributed by atoms with Crippen molar-refractivity contribution < 1.29 is 4.74 Å². The lowest BCUT2D eigenvalue weighted by Crippen LogP contribution is -2.19. The molecule has 0 fully saturated rings. The van der Waals surface area contributed by atoms with Gasteiger partial charge < -0.3 is 4.74 Å². The zero-order chi connectivity index (χ0) is 10.6. The molecule has 82 valence electrons. The fraction of sp³-hybridized carbons (Fsp3) is 0.833. The number of thioether (sulfide) groups is 1. The molecule has 2 atom stereocenters. The lowest BCUT2D eigenvalue weighted by atomic mass is 10.1. The van der Waals surface area contributed by atoms with Crippen LogP contribution >= 0.6 is 11.8 Å². The van der Waals surface area contributed by atoms with Gasteiger partial charge in [-0.2, -0.15) is 0 Å². The molecular weight excluding hydrogens is 192 g/mol. The Balaban J connectivity index is 2.35. The van der Waals surface area contributed by atoms with E-state index in [0.717, 1.165) is 25.6 Å². The van der Waals surface area contributed by atoms with Crippen molar-refractivity contribution in [3.05, 3.63) is 12.2 Å². The van der Waals surface area contributed by atoms with Crippen LogP contribution in [0.25, 0.3) is 0 Å². The van der Waals surface area contributed by atoms with Gasteiger partial charge in [0.05, 0.1) is 0 Å². The summed E-state index contributed by atoms with van der Waals surface area (Å²) < 4.78 is 5.72. The number of hydrogen-bond donors (Lipinski definition) is 0. The first-order valence-corrected chi connectivity index (χ1v) is 6.40. The van der Waals surface area contributed by atoms with Crippen LogP contribution in [0.1, 0.15) is 34.1 Å². The van der Waals surface area contributed by atoms with Crippen LogP contribution in [0.4, 0.5) is 0 Å². The Morgan fingerprint density at radius 3 is 2.71 bits per heavy atom. The molecular formula is C12H22OS. The Morgan fingerprint density at radius 2 is 2.21 bits per heavy atom. The van der Waals surface area contributed by atoms with Gasteiger partial charge in [-0.05, 0) is 26.2 Å². The Hall–Kier alpha value is 0.0500. The van der Waals surface area contributed by atoms with Crippen molar-refractivity contribution in [1.82, 2.24) is 0 Å². The van der Waals surface area contributed by atoms with Crippen molar-refractivity contribution >= 4 is 11.8 Å². The first-order valence-electron chi connectivity index (χ1n) is 5.52. The number of ether oxygens (including phenoxy) is 1. The van der Waals surface area contributed by atoms with E-state index in [-0.39, 0.29) is 0 Å². The summed E-state index contributed by atoms with van der Waals surface area (Å²) in [6.07, 6.45) is 5.86. The first kappa shape index (κ1) is 12.1. The van der Waals surface area contributed by atoms with Gasteiger partial charge in [-0.3, -0.25) is 0 Å². The summed E-state index contributed by atoms with van der Waals surface area (Å²) in [4.78, 5) is 0. The summed E-state index contributed by atoms with van der Waals surface area (Å²) in [5, 5.41) is 0.696. The maximum absolute atomic E-state index is 5.41. The smallest absolute Gasteiger partial charge is 0.0482 e. The van der Waals surface area contributed by atoms with Crippen molar-refractivity contribution in [2.45, 2.75) is 44.1 Å². The molecule has 0 aliphatic carbocycles. The van der Waals surface area contributed by atoms with Crippen LogP contribution in [-0.4, -0.2) is 23.2 Å². The highest BCUT2D eigenvalue weighted by Crippen LogP contribution is 2.42. The van der Waals surface area contributed by atoms with Crippen molar-refractivity contribution in [2.75, 3.05) is 13.2 Å². The molecule has 0 spiro atoms. The van der Waals surface area contributed by atoms with Crippen LogP contribution in [0.5, 0.6) is 0 Å². The second-order valence-corrected chi connectivity index (χ2v) is 6.16. The minimum absolute atomic E-state index is 0.310. The van der Waals surface area contributed by atoms with Crippen molar-refractivity contribution in [3.63, 3.8) is 0 Å². The third kappa shape index (κ3) is 3.32. The minimum atomic E-state index is 0.310. The molecule has 1 nitrogen and oxygen atoms in total. The molecule has 0 N–H and O–H groups in total. The summed E-state index contributed by atoms with van der Waals surface area (Å²) in [5.74, 6) is 0.741. The highest BCUT2D eigenvalue weighted by atomic mass is 32.2. The van der Waals surface area contributed by atoms with Crippen LogP contribution in [0.3, 0.4) is 0 Å². The van der Waals surface area contributed by atoms with E-state index in [0.29, 0.717) is 10.00 Å². The van der Waals surface area contributed by atoms with Gasteiger partial charge in [0.2, 0.25) is 0 Å². The van der Waals surface area contributed by atoms with Gasteiger partial charge in [0, 0.05) is 23.2 Å². The molecule has 0 amide bonds. The summed E-state index contributed by atoms with van der Waals surface area (Å²) in [5.41, 5.74) is 0. The third-order valence-corrected chi connectivity index (χ3v) is 4.50. The van der Waals surface area contributed by atoms with E-state index < -0.39 is 0 Å². The normalized spacial score (nSPS) is 31.6. The second kappa shape index (κ2) is 5.22.